The molecule has 5 rings (SSSR count). The van der Waals surface area contributed by atoms with Gasteiger partial charge in [0.05, 0.1) is 18.4 Å². The molecule has 46 heavy (non-hydrogen) atoms. The molecule has 2 atom stereocenters. The normalized spacial score (nSPS) is 22.2. The van der Waals surface area contributed by atoms with Crippen LogP contribution in [0.3, 0.4) is 0 Å². The number of benzene rings is 2. The van der Waals surface area contributed by atoms with E-state index in [1.54, 1.807) is 11.1 Å². The van der Waals surface area contributed by atoms with E-state index >= 15 is 0 Å². The Morgan fingerprint density at radius 3 is 2.11 bits per heavy atom. The van der Waals surface area contributed by atoms with Gasteiger partial charge in [0.2, 0.25) is 5.88 Å². The number of thioether (sulfide) groups is 1. The van der Waals surface area contributed by atoms with Crippen molar-refractivity contribution >= 4 is 56.7 Å². The summed E-state index contributed by atoms with van der Waals surface area (Å²) in [6, 6.07) is 14.8. The Morgan fingerprint density at radius 1 is 0.978 bits per heavy atom. The Kier molecular flexibility index (Phi) is 10.2. The number of aliphatic imine (C=N–C) groups is 1. The number of amidine groups is 1. The lowest BCUT2D eigenvalue weighted by molar-refractivity contribution is 0.0868. The van der Waals surface area contributed by atoms with Gasteiger partial charge in [-0.25, -0.2) is 18.2 Å². The Labute approximate surface area is 285 Å². The molecule has 0 spiro atoms. The second kappa shape index (κ2) is 13.7. The first kappa shape index (κ1) is 34.4. The van der Waals surface area contributed by atoms with Crippen molar-refractivity contribution in [3.63, 3.8) is 0 Å². The van der Waals surface area contributed by atoms with Crippen LogP contribution in [-0.2, 0) is 20.9 Å². The minimum atomic E-state index is -3.03. The van der Waals surface area contributed by atoms with Gasteiger partial charge in [-0.1, -0.05) is 59.2 Å². The molecule has 0 saturated carbocycles. The zero-order chi connectivity index (χ0) is 33.3. The lowest BCUT2D eigenvalue weighted by Gasteiger charge is -2.47. The number of aromatic nitrogens is 2. The fraction of sp³-hybridized carbons (Fsp3) is 0.438. The van der Waals surface area contributed by atoms with E-state index in [4.69, 9.17) is 32.9 Å². The highest BCUT2D eigenvalue weighted by atomic mass is 35.5. The molecule has 0 unspecified atom stereocenters. The van der Waals surface area contributed by atoms with Gasteiger partial charge in [-0.15, -0.1) is 0 Å². The number of amides is 2. The van der Waals surface area contributed by atoms with E-state index in [1.165, 1.54) is 25.1 Å². The number of carbonyl (C=O) groups excluding carboxylic acids is 1. The minimum absolute atomic E-state index is 0.141. The highest BCUT2D eigenvalue weighted by Crippen LogP contribution is 2.54. The first-order chi connectivity index (χ1) is 21.8. The highest BCUT2D eigenvalue weighted by molar-refractivity contribution is 7.98. The summed E-state index contributed by atoms with van der Waals surface area (Å²) < 4.78 is 29.0. The molecule has 0 radical (unpaired) electrons. The van der Waals surface area contributed by atoms with Crippen molar-refractivity contribution in [1.82, 2.24) is 24.7 Å². The third-order valence-electron chi connectivity index (χ3n) is 8.92. The van der Waals surface area contributed by atoms with E-state index in [2.05, 4.69) is 14.9 Å². The van der Waals surface area contributed by atoms with Crippen LogP contribution in [0.15, 0.2) is 64.9 Å². The summed E-state index contributed by atoms with van der Waals surface area (Å²) >= 11 is 14.1. The Morgan fingerprint density at radius 2 is 1.57 bits per heavy atom. The Bertz CT molecular complexity index is 1720. The van der Waals surface area contributed by atoms with Crippen molar-refractivity contribution in [2.75, 3.05) is 58.1 Å². The van der Waals surface area contributed by atoms with E-state index in [9.17, 15) is 13.2 Å². The summed E-state index contributed by atoms with van der Waals surface area (Å²) in [6.07, 6.45) is 5.35. The van der Waals surface area contributed by atoms with E-state index in [0.717, 1.165) is 11.1 Å². The van der Waals surface area contributed by atoms with Crippen LogP contribution in [0.4, 0.5) is 4.79 Å². The molecule has 1 fully saturated rings. The second-order valence-corrected chi connectivity index (χ2v) is 15.7. The minimum Gasteiger partial charge on any atom is -0.480 e. The van der Waals surface area contributed by atoms with Gasteiger partial charge >= 0.3 is 6.03 Å². The van der Waals surface area contributed by atoms with Crippen molar-refractivity contribution < 1.29 is 17.9 Å². The summed E-state index contributed by atoms with van der Waals surface area (Å²) in [5, 5.41) is 1.70. The first-order valence-corrected chi connectivity index (χ1v) is 18.9. The lowest BCUT2D eigenvalue weighted by atomic mass is 9.71. The summed E-state index contributed by atoms with van der Waals surface area (Å²) in [6.45, 7) is 6.86. The molecule has 2 aliphatic heterocycles. The predicted molar refractivity (Wildman–Crippen MR) is 184 cm³/mol. The van der Waals surface area contributed by atoms with Crippen molar-refractivity contribution in [1.29, 1.82) is 0 Å². The third kappa shape index (κ3) is 6.73. The molecule has 1 aromatic heterocycles. The maximum absolute atomic E-state index is 14.9. The van der Waals surface area contributed by atoms with Crippen LogP contribution in [0.2, 0.25) is 10.0 Å². The summed E-state index contributed by atoms with van der Waals surface area (Å²) in [4.78, 5) is 35.2. The molecule has 2 aliphatic rings. The van der Waals surface area contributed by atoms with Gasteiger partial charge in [-0.2, -0.15) is 4.98 Å². The molecule has 3 heterocycles. The Balaban J connectivity index is 1.61. The van der Waals surface area contributed by atoms with Crippen molar-refractivity contribution in [2.45, 2.75) is 36.5 Å². The average Bonchev–Trinajstić information content (AvgIpc) is 3.28. The van der Waals surface area contributed by atoms with Crippen LogP contribution in [0, 0.1) is 0 Å². The zero-order valence-electron chi connectivity index (χ0n) is 26.5. The number of hydrogen-bond donors (Lipinski definition) is 0. The summed E-state index contributed by atoms with van der Waals surface area (Å²) in [5.74, 6) is 0.840. The molecular formula is C32H38Cl2N6O4S2. The molecule has 0 aliphatic carbocycles. The maximum atomic E-state index is 14.9. The molecule has 0 bridgehead atoms. The van der Waals surface area contributed by atoms with E-state index < -0.39 is 20.9 Å². The van der Waals surface area contributed by atoms with Gasteiger partial charge in [0.1, 0.15) is 26.8 Å². The van der Waals surface area contributed by atoms with E-state index in [1.807, 2.05) is 73.5 Å². The van der Waals surface area contributed by atoms with E-state index in [-0.39, 0.29) is 11.8 Å². The number of methoxy groups -OCH3 is 1. The third-order valence-corrected chi connectivity index (χ3v) is 11.0. The summed E-state index contributed by atoms with van der Waals surface area (Å²) in [7, 11) is -1.49. The first-order valence-electron chi connectivity index (χ1n) is 14.9. The van der Waals surface area contributed by atoms with Crippen LogP contribution < -0.4 is 4.74 Å². The number of ether oxygens (including phenoxy) is 1. The SMILES string of the molecule is COc1nc(SC)ncc1C1=N[C@@](C)(c2ccc(Cl)cc2)[C@](C)(c2ccc(Cl)cc2)N1C(=O)N1CCN(CCCS(C)(=O)=O)CC1. The monoisotopic (exact) mass is 704 g/mol. The zero-order valence-corrected chi connectivity index (χ0v) is 29.7. The van der Waals surface area contributed by atoms with Gasteiger partial charge < -0.3 is 9.64 Å². The van der Waals surface area contributed by atoms with Crippen LogP contribution >= 0.6 is 35.0 Å². The molecular weight excluding hydrogens is 667 g/mol. The lowest BCUT2D eigenvalue weighted by Crippen LogP contribution is -2.60. The number of halogens is 2. The largest absolute Gasteiger partial charge is 0.480 e. The molecule has 10 nitrogen and oxygen atoms in total. The number of nitrogens with zero attached hydrogens (tertiary/aromatic N) is 6. The van der Waals surface area contributed by atoms with E-state index in [0.29, 0.717) is 71.6 Å². The fourth-order valence-electron chi connectivity index (χ4n) is 6.18. The molecule has 2 aromatic carbocycles. The average molecular weight is 706 g/mol. The van der Waals surface area contributed by atoms with Gasteiger partial charge in [-0.05, 0) is 68.5 Å². The number of sulfone groups is 1. The van der Waals surface area contributed by atoms with Crippen molar-refractivity contribution in [2.24, 2.45) is 4.99 Å². The van der Waals surface area contributed by atoms with Gasteiger partial charge in [0.25, 0.3) is 0 Å². The van der Waals surface area contributed by atoms with Gasteiger partial charge in [0.15, 0.2) is 5.16 Å². The van der Waals surface area contributed by atoms with Crippen LogP contribution in [0.25, 0.3) is 0 Å². The topological polar surface area (TPSA) is 108 Å². The van der Waals surface area contributed by atoms with Crippen LogP contribution in [0.1, 0.15) is 37.0 Å². The number of carbonyl (C=O) groups is 1. The number of piperazine rings is 1. The number of urea groups is 1. The quantitative estimate of drug-likeness (QED) is 0.210. The highest BCUT2D eigenvalue weighted by Gasteiger charge is 2.60. The molecule has 3 aromatic rings. The van der Waals surface area contributed by atoms with Crippen LogP contribution in [0.5, 0.6) is 5.88 Å². The van der Waals surface area contributed by atoms with Crippen molar-refractivity contribution in [3.05, 3.63) is 81.5 Å². The fourth-order valence-corrected chi connectivity index (χ4v) is 7.42. The standard InChI is InChI=1S/C32H38Cl2N6O4S2/c1-31(22-7-11-24(33)12-8-22)32(2,23-9-13-25(34)14-10-23)40(27(37-31)26-21-35-29(45-4)36-28(26)44-3)30(41)39-18-16-38(17-19-39)15-6-20-46(5,42)43/h7-14,21H,6,15-20H2,1-5H3/t31-,32-/m0/s1. The maximum Gasteiger partial charge on any atom is 0.326 e. The summed E-state index contributed by atoms with van der Waals surface area (Å²) in [5.41, 5.74) is 0.145. The Hall–Kier alpha value is -2.90. The predicted octanol–water partition coefficient (Wildman–Crippen LogP) is 5.58. The molecule has 0 N–H and O–H groups in total. The number of rotatable bonds is 9. The van der Waals surface area contributed by atoms with Crippen LogP contribution in [-0.4, -0.2) is 103 Å². The van der Waals surface area contributed by atoms with Crippen molar-refractivity contribution in [3.8, 4) is 5.88 Å². The smallest absolute Gasteiger partial charge is 0.326 e. The number of hydrogen-bond acceptors (Lipinski definition) is 9. The molecule has 246 valence electrons. The molecule has 1 saturated heterocycles. The second-order valence-electron chi connectivity index (χ2n) is 11.8. The molecule has 14 heteroatoms. The van der Waals surface area contributed by atoms with Gasteiger partial charge in [0, 0.05) is 48.7 Å². The molecule has 2 amide bonds. The van der Waals surface area contributed by atoms with Gasteiger partial charge in [-0.3, -0.25) is 14.8 Å².